The molecule has 4 heteroatoms. The molecule has 122 valence electrons. The molecule has 0 saturated carbocycles. The fraction of sp³-hybridized carbons (Fsp3) is 0.421. The third-order valence-electron chi connectivity index (χ3n) is 4.43. The predicted octanol–water partition coefficient (Wildman–Crippen LogP) is 3.66. The SMILES string of the molecule is CN(CCCCN1Cc2ccccc2C1=O)CCc1cccs1. The minimum absolute atomic E-state index is 0.201. The number of carbonyl (C=O) groups excluding carboxylic acids is 1. The zero-order valence-corrected chi connectivity index (χ0v) is 14.5. The summed E-state index contributed by atoms with van der Waals surface area (Å²) >= 11 is 1.83. The van der Waals surface area contributed by atoms with Crippen molar-refractivity contribution in [3.8, 4) is 0 Å². The number of unbranched alkanes of at least 4 members (excludes halogenated alkanes) is 1. The van der Waals surface area contributed by atoms with Crippen LogP contribution in [0.2, 0.25) is 0 Å². The van der Waals surface area contributed by atoms with Crippen molar-refractivity contribution in [3.05, 3.63) is 57.8 Å². The van der Waals surface area contributed by atoms with Crippen LogP contribution in [0.4, 0.5) is 0 Å². The average Bonchev–Trinajstić information content (AvgIpc) is 3.19. The van der Waals surface area contributed by atoms with Gasteiger partial charge in [-0.1, -0.05) is 24.3 Å². The molecule has 1 aromatic heterocycles. The lowest BCUT2D eigenvalue weighted by Crippen LogP contribution is -2.27. The van der Waals surface area contributed by atoms with Gasteiger partial charge in [-0.2, -0.15) is 0 Å². The Morgan fingerprint density at radius 1 is 1.13 bits per heavy atom. The first kappa shape index (κ1) is 16.2. The smallest absolute Gasteiger partial charge is 0.254 e. The highest BCUT2D eigenvalue weighted by molar-refractivity contribution is 7.09. The van der Waals surface area contributed by atoms with Crippen LogP contribution >= 0.6 is 11.3 Å². The van der Waals surface area contributed by atoms with Gasteiger partial charge in [0.1, 0.15) is 0 Å². The predicted molar refractivity (Wildman–Crippen MR) is 95.9 cm³/mol. The third kappa shape index (κ3) is 4.21. The van der Waals surface area contributed by atoms with Crippen LogP contribution in [0, 0.1) is 0 Å². The third-order valence-corrected chi connectivity index (χ3v) is 5.37. The second-order valence-electron chi connectivity index (χ2n) is 6.22. The Balaban J connectivity index is 1.34. The van der Waals surface area contributed by atoms with Crippen LogP contribution in [0.1, 0.15) is 33.6 Å². The van der Waals surface area contributed by atoms with Gasteiger partial charge < -0.3 is 9.80 Å². The normalized spacial score (nSPS) is 13.8. The van der Waals surface area contributed by atoms with E-state index in [4.69, 9.17) is 0 Å². The Kier molecular flexibility index (Phi) is 5.47. The number of thiophene rings is 1. The van der Waals surface area contributed by atoms with E-state index in [1.54, 1.807) is 0 Å². The summed E-state index contributed by atoms with van der Waals surface area (Å²) in [6.45, 7) is 3.85. The van der Waals surface area contributed by atoms with E-state index in [0.717, 1.165) is 51.0 Å². The molecule has 3 rings (SSSR count). The number of likely N-dealkylation sites (N-methyl/N-ethyl adjacent to an activating group) is 1. The second-order valence-corrected chi connectivity index (χ2v) is 7.26. The van der Waals surface area contributed by atoms with E-state index in [2.05, 4.69) is 35.5 Å². The van der Waals surface area contributed by atoms with Crippen molar-refractivity contribution in [2.24, 2.45) is 0 Å². The minimum atomic E-state index is 0.201. The van der Waals surface area contributed by atoms with Gasteiger partial charge in [0.15, 0.2) is 0 Å². The zero-order chi connectivity index (χ0) is 16.1. The van der Waals surface area contributed by atoms with Gasteiger partial charge in [0.05, 0.1) is 0 Å². The first-order valence-electron chi connectivity index (χ1n) is 8.32. The lowest BCUT2D eigenvalue weighted by molar-refractivity contribution is 0.0774. The zero-order valence-electron chi connectivity index (χ0n) is 13.7. The maximum atomic E-state index is 12.3. The highest BCUT2D eigenvalue weighted by Crippen LogP contribution is 2.22. The lowest BCUT2D eigenvalue weighted by Gasteiger charge is -2.18. The Bertz CT molecular complexity index is 639. The summed E-state index contributed by atoms with van der Waals surface area (Å²) in [4.78, 5) is 18.1. The molecule has 3 nitrogen and oxygen atoms in total. The van der Waals surface area contributed by atoms with Crippen molar-refractivity contribution in [2.75, 3.05) is 26.7 Å². The van der Waals surface area contributed by atoms with Gasteiger partial charge in [0, 0.05) is 30.1 Å². The molecule has 1 amide bonds. The molecular weight excluding hydrogens is 304 g/mol. The number of nitrogens with zero attached hydrogens (tertiary/aromatic N) is 2. The van der Waals surface area contributed by atoms with Crippen molar-refractivity contribution in [1.29, 1.82) is 0 Å². The Hall–Kier alpha value is -1.65. The Morgan fingerprint density at radius 2 is 2.00 bits per heavy atom. The van der Waals surface area contributed by atoms with Gasteiger partial charge in [-0.3, -0.25) is 4.79 Å². The van der Waals surface area contributed by atoms with Gasteiger partial charge in [-0.05, 0) is 55.9 Å². The minimum Gasteiger partial charge on any atom is -0.334 e. The number of fused-ring (bicyclic) bond motifs is 1. The van der Waals surface area contributed by atoms with E-state index in [-0.39, 0.29) is 5.91 Å². The van der Waals surface area contributed by atoms with Crippen molar-refractivity contribution in [3.63, 3.8) is 0 Å². The van der Waals surface area contributed by atoms with Crippen molar-refractivity contribution in [2.45, 2.75) is 25.8 Å². The first-order valence-corrected chi connectivity index (χ1v) is 9.20. The van der Waals surface area contributed by atoms with Crippen LogP contribution in [-0.4, -0.2) is 42.4 Å². The van der Waals surface area contributed by atoms with Crippen molar-refractivity contribution < 1.29 is 4.79 Å². The number of hydrogen-bond acceptors (Lipinski definition) is 3. The standard InChI is InChI=1S/C19H24N2OS/c1-20(13-10-17-8-6-14-23-17)11-4-5-12-21-15-16-7-2-3-9-18(16)19(21)22/h2-3,6-9,14H,4-5,10-13,15H2,1H3. The van der Waals surface area contributed by atoms with Gasteiger partial charge in [-0.25, -0.2) is 0 Å². The molecule has 1 aliphatic heterocycles. The highest BCUT2D eigenvalue weighted by Gasteiger charge is 2.25. The molecule has 1 aliphatic rings. The maximum Gasteiger partial charge on any atom is 0.254 e. The molecule has 0 saturated heterocycles. The summed E-state index contributed by atoms with van der Waals surface area (Å²) in [7, 11) is 2.18. The molecule has 0 atom stereocenters. The van der Waals surface area contributed by atoms with Gasteiger partial charge in [-0.15, -0.1) is 11.3 Å². The van der Waals surface area contributed by atoms with Gasteiger partial charge >= 0.3 is 0 Å². The molecule has 23 heavy (non-hydrogen) atoms. The quantitative estimate of drug-likeness (QED) is 0.691. The molecule has 0 spiro atoms. The van der Waals surface area contributed by atoms with Crippen LogP contribution in [0.3, 0.4) is 0 Å². The Morgan fingerprint density at radius 3 is 2.78 bits per heavy atom. The fourth-order valence-electron chi connectivity index (χ4n) is 3.05. The number of benzene rings is 1. The molecule has 2 aromatic rings. The number of rotatable bonds is 8. The summed E-state index contributed by atoms with van der Waals surface area (Å²) in [6, 6.07) is 12.3. The lowest BCUT2D eigenvalue weighted by atomic mass is 10.1. The van der Waals surface area contributed by atoms with E-state index in [1.165, 1.54) is 10.4 Å². The molecule has 0 aliphatic carbocycles. The van der Waals surface area contributed by atoms with Crippen LogP contribution in [0.15, 0.2) is 41.8 Å². The summed E-state index contributed by atoms with van der Waals surface area (Å²) < 4.78 is 0. The average molecular weight is 328 g/mol. The van der Waals surface area contributed by atoms with Gasteiger partial charge in [0.25, 0.3) is 5.91 Å². The van der Waals surface area contributed by atoms with E-state index in [1.807, 2.05) is 34.4 Å². The van der Waals surface area contributed by atoms with E-state index < -0.39 is 0 Å². The number of amides is 1. The van der Waals surface area contributed by atoms with Crippen molar-refractivity contribution in [1.82, 2.24) is 9.80 Å². The summed E-state index contributed by atoms with van der Waals surface area (Å²) in [6.07, 6.45) is 3.35. The molecule has 0 radical (unpaired) electrons. The summed E-state index contributed by atoms with van der Waals surface area (Å²) in [5.74, 6) is 0.201. The van der Waals surface area contributed by atoms with Crippen molar-refractivity contribution >= 4 is 17.2 Å². The van der Waals surface area contributed by atoms with Crippen LogP contribution < -0.4 is 0 Å². The molecule has 0 fully saturated rings. The molecule has 0 bridgehead atoms. The summed E-state index contributed by atoms with van der Waals surface area (Å²) in [5, 5.41) is 2.14. The van der Waals surface area contributed by atoms with Gasteiger partial charge in [0.2, 0.25) is 0 Å². The molecule has 0 unspecified atom stereocenters. The van der Waals surface area contributed by atoms with Crippen LogP contribution in [0.5, 0.6) is 0 Å². The number of carbonyl (C=O) groups is 1. The maximum absolute atomic E-state index is 12.3. The number of hydrogen-bond donors (Lipinski definition) is 0. The highest BCUT2D eigenvalue weighted by atomic mass is 32.1. The molecule has 2 heterocycles. The largest absolute Gasteiger partial charge is 0.334 e. The monoisotopic (exact) mass is 328 g/mol. The second kappa shape index (κ2) is 7.75. The summed E-state index contributed by atoms with van der Waals surface area (Å²) in [5.41, 5.74) is 2.06. The molecular formula is C19H24N2OS. The van der Waals surface area contributed by atoms with Crippen LogP contribution in [0.25, 0.3) is 0 Å². The van der Waals surface area contributed by atoms with E-state index >= 15 is 0 Å². The Labute approximate surface area is 142 Å². The fourth-order valence-corrected chi connectivity index (χ4v) is 3.75. The van der Waals surface area contributed by atoms with E-state index in [9.17, 15) is 4.79 Å². The molecule has 1 aromatic carbocycles. The molecule has 0 N–H and O–H groups in total. The first-order chi connectivity index (χ1) is 11.2. The van der Waals surface area contributed by atoms with E-state index in [0.29, 0.717) is 0 Å². The topological polar surface area (TPSA) is 23.6 Å². The van der Waals surface area contributed by atoms with Crippen LogP contribution in [-0.2, 0) is 13.0 Å².